The molecule has 1 rings (SSSR count). The Bertz CT molecular complexity index is 148. The van der Waals surface area contributed by atoms with E-state index in [4.69, 9.17) is 4.18 Å². The normalized spacial score (nSPS) is 16.6. The van der Waals surface area contributed by atoms with E-state index in [2.05, 4.69) is 4.72 Å². The van der Waals surface area contributed by atoms with Gasteiger partial charge in [0.05, 0.1) is 0 Å². The van der Waals surface area contributed by atoms with Crippen molar-refractivity contribution in [1.29, 1.82) is 0 Å². The monoisotopic (exact) mass is 170 g/mol. The van der Waals surface area contributed by atoms with Gasteiger partial charge in [-0.25, -0.2) is 0 Å². The van der Waals surface area contributed by atoms with E-state index in [-0.39, 0.29) is 57.3 Å². The Morgan fingerprint density at radius 1 is 1.78 bits per heavy atom. The third kappa shape index (κ3) is 3.64. The first kappa shape index (κ1) is 10.00. The van der Waals surface area contributed by atoms with E-state index in [9.17, 15) is 4.79 Å². The molecule has 1 aliphatic heterocycles. The van der Waals surface area contributed by atoms with E-state index in [1.165, 1.54) is 6.08 Å². The van der Waals surface area contributed by atoms with Crippen LogP contribution in [0.4, 0.5) is 0 Å². The Balaban J connectivity index is 0.000000640. The number of amides is 1. The molecule has 5 heteroatoms. The molecule has 1 N–H and O–H groups in total. The van der Waals surface area contributed by atoms with Crippen LogP contribution in [0.2, 0.25) is 0 Å². The van der Waals surface area contributed by atoms with Crippen molar-refractivity contribution in [3.8, 4) is 0 Å². The second kappa shape index (κ2) is 4.76. The van der Waals surface area contributed by atoms with E-state index >= 15 is 0 Å². The molecule has 1 amide bonds. The van der Waals surface area contributed by atoms with Crippen LogP contribution in [-0.4, -0.2) is 57.3 Å². The van der Waals surface area contributed by atoms with Crippen molar-refractivity contribution in [3.63, 3.8) is 0 Å². The minimum absolute atomic E-state index is 0. The van der Waals surface area contributed by atoms with Crippen LogP contribution in [0.5, 0.6) is 0 Å². The molecule has 0 fully saturated rings. The zero-order valence-corrected chi connectivity index (χ0v) is 9.24. The largest absolute Gasteiger partial charge is 0.410 e. The Morgan fingerprint density at radius 3 is 2.78 bits per heavy atom. The van der Waals surface area contributed by atoms with Crippen molar-refractivity contribution in [2.24, 2.45) is 0 Å². The fourth-order valence-corrected chi connectivity index (χ4v) is 0.728. The van der Waals surface area contributed by atoms with Gasteiger partial charge in [-0.2, -0.15) is 0 Å². The Hall–Kier alpha value is 0.996. The molecule has 0 bridgehead atoms. The molecule has 45 valence electrons. The molecule has 1 aliphatic rings. The van der Waals surface area contributed by atoms with Gasteiger partial charge >= 0.3 is 0 Å². The van der Waals surface area contributed by atoms with E-state index < -0.39 is 0 Å². The van der Waals surface area contributed by atoms with Gasteiger partial charge in [0.2, 0.25) is 0 Å². The summed E-state index contributed by atoms with van der Waals surface area (Å²) in [6.45, 7) is 1.73. The number of allylic oxidation sites excluding steroid dienone is 1. The zero-order chi connectivity index (χ0) is 5.98. The van der Waals surface area contributed by atoms with Crippen molar-refractivity contribution in [1.82, 2.24) is 4.72 Å². The molecule has 0 atom stereocenters. The second-order valence-corrected chi connectivity index (χ2v) is 1.93. The van der Waals surface area contributed by atoms with E-state index in [0.29, 0.717) is 5.76 Å². The number of carbonyl (C=O) groups is 1. The minimum Gasteiger partial charge on any atom is -0.410 e. The third-order valence-corrected chi connectivity index (χ3v) is 1.28. The summed E-state index contributed by atoms with van der Waals surface area (Å²) < 4.78 is 7.19. The summed E-state index contributed by atoms with van der Waals surface area (Å²) in [5.74, 6) is 0.525. The van der Waals surface area contributed by atoms with E-state index in [1.54, 1.807) is 6.92 Å². The summed E-state index contributed by atoms with van der Waals surface area (Å²) in [4.78, 5) is 10.4. The number of hydrogen-bond donors (Lipinski definition) is 1. The van der Waals surface area contributed by atoms with Crippen LogP contribution < -0.4 is 4.72 Å². The van der Waals surface area contributed by atoms with Crippen molar-refractivity contribution >= 4 is 69.5 Å². The fourth-order valence-electron chi connectivity index (χ4n) is 0.366. The van der Waals surface area contributed by atoms with Gasteiger partial charge in [-0.15, -0.1) is 0 Å². The number of carbonyl (C=O) groups excluding carboxylic acids is 1. The fraction of sp³-hybridized carbons (Fsp3) is 0.250. The minimum atomic E-state index is -0.112. The third-order valence-electron chi connectivity index (χ3n) is 0.650. The molecule has 1 heterocycles. The molecule has 1 radical (unpaired) electrons. The zero-order valence-electron chi connectivity index (χ0n) is 5.30. The van der Waals surface area contributed by atoms with Crippen LogP contribution in [0.25, 0.3) is 0 Å². The molecule has 0 aromatic heterocycles. The molecule has 9 heavy (non-hydrogen) atoms. The van der Waals surface area contributed by atoms with Gasteiger partial charge in [-0.1, -0.05) is 0 Å². The summed E-state index contributed by atoms with van der Waals surface area (Å²) >= 11 is 0.943. The topological polar surface area (TPSA) is 38.3 Å². The van der Waals surface area contributed by atoms with Crippen LogP contribution >= 0.6 is 12.2 Å². The van der Waals surface area contributed by atoms with E-state index in [0.717, 1.165) is 12.2 Å². The van der Waals surface area contributed by atoms with Gasteiger partial charge in [0.15, 0.2) is 12.2 Å². The van der Waals surface area contributed by atoms with Crippen molar-refractivity contribution in [3.05, 3.63) is 11.8 Å². The van der Waals surface area contributed by atoms with Crippen LogP contribution in [0.1, 0.15) is 6.92 Å². The maximum Gasteiger partial charge on any atom is 0.259 e. The van der Waals surface area contributed by atoms with Crippen molar-refractivity contribution < 1.29 is 8.98 Å². The first-order valence-electron chi connectivity index (χ1n) is 2.11. The maximum atomic E-state index is 10.4. The molecule has 0 spiro atoms. The molecule has 0 aromatic rings. The molecular weight excluding hydrogens is 165 g/mol. The SMILES string of the molecule is CC1=CC(=O)NSO1.[K]. The van der Waals surface area contributed by atoms with Crippen LogP contribution in [0.15, 0.2) is 11.8 Å². The predicted molar refractivity (Wildman–Crippen MR) is 36.3 cm³/mol. The summed E-state index contributed by atoms with van der Waals surface area (Å²) in [6, 6.07) is 0. The van der Waals surface area contributed by atoms with Gasteiger partial charge in [-0.3, -0.25) is 9.52 Å². The Morgan fingerprint density at radius 2 is 2.44 bits per heavy atom. The van der Waals surface area contributed by atoms with Gasteiger partial charge in [0.1, 0.15) is 5.76 Å². The van der Waals surface area contributed by atoms with Crippen LogP contribution in [0.3, 0.4) is 0 Å². The average molecular weight is 170 g/mol. The van der Waals surface area contributed by atoms with Gasteiger partial charge in [0.25, 0.3) is 5.91 Å². The molecule has 0 unspecified atom stereocenters. The summed E-state index contributed by atoms with van der Waals surface area (Å²) in [5, 5.41) is 0. The van der Waals surface area contributed by atoms with Gasteiger partial charge in [-0.05, 0) is 6.92 Å². The molecule has 0 aliphatic carbocycles. The predicted octanol–water partition coefficient (Wildman–Crippen LogP) is 0.219. The smallest absolute Gasteiger partial charge is 0.259 e. The van der Waals surface area contributed by atoms with Crippen LogP contribution in [-0.2, 0) is 8.98 Å². The summed E-state index contributed by atoms with van der Waals surface area (Å²) in [7, 11) is 0. The molecule has 0 saturated carbocycles. The summed E-state index contributed by atoms with van der Waals surface area (Å²) in [6.07, 6.45) is 1.40. The number of nitrogens with one attached hydrogen (secondary N) is 1. The molecule has 3 nitrogen and oxygen atoms in total. The first-order chi connectivity index (χ1) is 3.79. The number of rotatable bonds is 0. The standard InChI is InChI=1S/C4H5NO2S.K/c1-3-2-4(6)5-8-7-3;/h2H,1H3,(H,5,6);. The molecular formula is C4H5KNO2S. The molecule has 0 saturated heterocycles. The van der Waals surface area contributed by atoms with Gasteiger partial charge < -0.3 is 4.18 Å². The van der Waals surface area contributed by atoms with Crippen molar-refractivity contribution in [2.75, 3.05) is 0 Å². The van der Waals surface area contributed by atoms with Gasteiger partial charge in [0, 0.05) is 57.5 Å². The second-order valence-electron chi connectivity index (χ2n) is 1.39. The number of hydrogen-bond acceptors (Lipinski definition) is 3. The first-order valence-corrected chi connectivity index (χ1v) is 2.85. The maximum absolute atomic E-state index is 10.4. The molecule has 0 aromatic carbocycles. The van der Waals surface area contributed by atoms with E-state index in [1.807, 2.05) is 0 Å². The van der Waals surface area contributed by atoms with Crippen molar-refractivity contribution in [2.45, 2.75) is 6.92 Å². The Kier molecular flexibility index (Phi) is 5.28. The Labute approximate surface area is 100 Å². The average Bonchev–Trinajstić information content (AvgIpc) is 1.64. The summed E-state index contributed by atoms with van der Waals surface area (Å²) in [5.41, 5.74) is 0. The quantitative estimate of drug-likeness (QED) is 0.321. The van der Waals surface area contributed by atoms with Crippen LogP contribution in [0, 0.1) is 0 Å².